The molecule has 0 aliphatic heterocycles. The van der Waals surface area contributed by atoms with E-state index < -0.39 is 0 Å². The summed E-state index contributed by atoms with van der Waals surface area (Å²) in [4.78, 5) is 11.2. The smallest absolute Gasteiger partial charge is 0.237 e. The lowest BCUT2D eigenvalue weighted by atomic mass is 10.2. The number of carbonyl (C=O) groups excluding carboxylic acids is 1. The van der Waals surface area contributed by atoms with E-state index in [0.717, 1.165) is 11.3 Å². The molecule has 1 aromatic rings. The van der Waals surface area contributed by atoms with Crippen molar-refractivity contribution < 1.29 is 4.79 Å². The molecule has 0 spiro atoms. The standard InChI is InChI=1S/C10H11BrClNO/c1-6-3-4-8(12)5-9(6)13-10(14)7(2)11/h3-5,7H,1-2H3,(H,13,14)/t7-/m0/s1. The van der Waals surface area contributed by atoms with E-state index in [1.807, 2.05) is 13.0 Å². The zero-order valence-corrected chi connectivity index (χ0v) is 10.3. The SMILES string of the molecule is Cc1ccc(Cl)cc1NC(=O)[C@H](C)Br. The number of alkyl halides is 1. The summed E-state index contributed by atoms with van der Waals surface area (Å²) in [5.41, 5.74) is 1.75. The van der Waals surface area contributed by atoms with Gasteiger partial charge in [0, 0.05) is 10.7 Å². The molecule has 0 saturated heterocycles. The summed E-state index contributed by atoms with van der Waals surface area (Å²) in [7, 11) is 0. The Bertz CT molecular complexity index is 352. The van der Waals surface area contributed by atoms with Gasteiger partial charge >= 0.3 is 0 Å². The monoisotopic (exact) mass is 275 g/mol. The van der Waals surface area contributed by atoms with Gasteiger partial charge in [-0.05, 0) is 31.5 Å². The Balaban J connectivity index is 2.86. The van der Waals surface area contributed by atoms with E-state index in [-0.39, 0.29) is 10.7 Å². The van der Waals surface area contributed by atoms with Crippen molar-refractivity contribution in [3.63, 3.8) is 0 Å². The van der Waals surface area contributed by atoms with E-state index >= 15 is 0 Å². The summed E-state index contributed by atoms with van der Waals surface area (Å²) < 4.78 is 0. The van der Waals surface area contributed by atoms with Crippen molar-refractivity contribution in [2.24, 2.45) is 0 Å². The lowest BCUT2D eigenvalue weighted by Crippen LogP contribution is -2.20. The van der Waals surface area contributed by atoms with Crippen molar-refractivity contribution in [2.75, 3.05) is 5.32 Å². The van der Waals surface area contributed by atoms with Crippen LogP contribution in [0.3, 0.4) is 0 Å². The van der Waals surface area contributed by atoms with Gasteiger partial charge in [0.2, 0.25) is 5.91 Å². The summed E-state index contributed by atoms with van der Waals surface area (Å²) in [6.45, 7) is 3.69. The van der Waals surface area contributed by atoms with Gasteiger partial charge in [0.1, 0.15) is 0 Å². The first kappa shape index (κ1) is 11.5. The average Bonchev–Trinajstić information content (AvgIpc) is 2.11. The Morgan fingerprint density at radius 1 is 1.57 bits per heavy atom. The van der Waals surface area contributed by atoms with Crippen molar-refractivity contribution in [1.29, 1.82) is 0 Å². The van der Waals surface area contributed by atoms with Crippen LogP contribution in [0.15, 0.2) is 18.2 Å². The molecule has 0 unspecified atom stereocenters. The van der Waals surface area contributed by atoms with Gasteiger partial charge in [-0.2, -0.15) is 0 Å². The number of aryl methyl sites for hydroxylation is 1. The highest BCUT2D eigenvalue weighted by molar-refractivity contribution is 9.10. The molecule has 14 heavy (non-hydrogen) atoms. The highest BCUT2D eigenvalue weighted by atomic mass is 79.9. The molecule has 1 rings (SSSR count). The summed E-state index contributed by atoms with van der Waals surface area (Å²) >= 11 is 9.01. The second-order valence-electron chi connectivity index (χ2n) is 3.06. The number of nitrogens with one attached hydrogen (secondary N) is 1. The minimum absolute atomic E-state index is 0.0737. The molecule has 2 nitrogen and oxygen atoms in total. The van der Waals surface area contributed by atoms with Crippen molar-refractivity contribution in [2.45, 2.75) is 18.7 Å². The second-order valence-corrected chi connectivity index (χ2v) is 4.87. The van der Waals surface area contributed by atoms with Gasteiger partial charge in [-0.1, -0.05) is 33.6 Å². The van der Waals surface area contributed by atoms with Gasteiger partial charge in [0.05, 0.1) is 4.83 Å². The number of rotatable bonds is 2. The van der Waals surface area contributed by atoms with E-state index in [4.69, 9.17) is 11.6 Å². The predicted molar refractivity (Wildman–Crippen MR) is 63.2 cm³/mol. The van der Waals surface area contributed by atoms with Crippen molar-refractivity contribution in [3.8, 4) is 0 Å². The van der Waals surface area contributed by atoms with Gasteiger partial charge in [-0.15, -0.1) is 0 Å². The van der Waals surface area contributed by atoms with Crippen LogP contribution < -0.4 is 5.32 Å². The van der Waals surface area contributed by atoms with Gasteiger partial charge in [-0.3, -0.25) is 4.79 Å². The predicted octanol–water partition coefficient (Wildman–Crippen LogP) is 3.37. The molecule has 0 radical (unpaired) electrons. The maximum Gasteiger partial charge on any atom is 0.237 e. The first-order chi connectivity index (χ1) is 6.50. The molecule has 0 heterocycles. The summed E-state index contributed by atoms with van der Waals surface area (Å²) in [6.07, 6.45) is 0. The normalized spacial score (nSPS) is 12.3. The zero-order valence-electron chi connectivity index (χ0n) is 7.97. The molecule has 1 amide bonds. The lowest BCUT2D eigenvalue weighted by Gasteiger charge is -2.09. The van der Waals surface area contributed by atoms with E-state index in [1.54, 1.807) is 19.1 Å². The minimum Gasteiger partial charge on any atom is -0.325 e. The van der Waals surface area contributed by atoms with E-state index in [9.17, 15) is 4.79 Å². The maximum absolute atomic E-state index is 11.4. The van der Waals surface area contributed by atoms with Gasteiger partial charge in [0.15, 0.2) is 0 Å². The van der Waals surface area contributed by atoms with E-state index in [1.165, 1.54) is 0 Å². The van der Waals surface area contributed by atoms with Crippen molar-refractivity contribution in [1.82, 2.24) is 0 Å². The molecule has 76 valence electrons. The van der Waals surface area contributed by atoms with E-state index in [0.29, 0.717) is 5.02 Å². The number of carbonyl (C=O) groups is 1. The maximum atomic E-state index is 11.4. The van der Waals surface area contributed by atoms with Crippen LogP contribution >= 0.6 is 27.5 Å². The fourth-order valence-corrected chi connectivity index (χ4v) is 1.25. The Labute approximate surface area is 96.8 Å². The molecule has 0 aromatic heterocycles. The van der Waals surface area contributed by atoms with Crippen LogP contribution in [0.25, 0.3) is 0 Å². The van der Waals surface area contributed by atoms with Crippen LogP contribution in [0.5, 0.6) is 0 Å². The van der Waals surface area contributed by atoms with E-state index in [2.05, 4.69) is 21.2 Å². The Kier molecular flexibility index (Phi) is 3.96. The molecular weight excluding hydrogens is 265 g/mol. The topological polar surface area (TPSA) is 29.1 Å². The third-order valence-electron chi connectivity index (χ3n) is 1.82. The average molecular weight is 277 g/mol. The quantitative estimate of drug-likeness (QED) is 0.825. The van der Waals surface area contributed by atoms with Crippen molar-refractivity contribution in [3.05, 3.63) is 28.8 Å². The van der Waals surface area contributed by atoms with Crippen LogP contribution in [0.2, 0.25) is 5.02 Å². The van der Waals surface area contributed by atoms with Crippen LogP contribution in [-0.2, 0) is 4.79 Å². The Morgan fingerprint density at radius 2 is 2.21 bits per heavy atom. The number of halogens is 2. The number of benzene rings is 1. The highest BCUT2D eigenvalue weighted by Crippen LogP contribution is 2.20. The fraction of sp³-hybridized carbons (Fsp3) is 0.300. The first-order valence-electron chi connectivity index (χ1n) is 4.22. The molecule has 0 saturated carbocycles. The van der Waals surface area contributed by atoms with Crippen LogP contribution in [-0.4, -0.2) is 10.7 Å². The summed E-state index contributed by atoms with van der Waals surface area (Å²) in [5, 5.41) is 3.40. The molecule has 0 aliphatic rings. The molecule has 1 atom stereocenters. The molecule has 1 N–H and O–H groups in total. The molecule has 1 aromatic carbocycles. The number of hydrogen-bond acceptors (Lipinski definition) is 1. The van der Waals surface area contributed by atoms with Gasteiger partial charge in [0.25, 0.3) is 0 Å². The molecule has 4 heteroatoms. The number of amides is 1. The van der Waals surface area contributed by atoms with Crippen LogP contribution in [0.1, 0.15) is 12.5 Å². The van der Waals surface area contributed by atoms with Crippen LogP contribution in [0.4, 0.5) is 5.69 Å². The zero-order chi connectivity index (χ0) is 10.7. The molecule has 0 fully saturated rings. The molecular formula is C10H11BrClNO. The summed E-state index contributed by atoms with van der Waals surface area (Å²) in [6, 6.07) is 5.41. The summed E-state index contributed by atoms with van der Waals surface area (Å²) in [5.74, 6) is -0.0737. The molecule has 0 bridgehead atoms. The number of hydrogen-bond donors (Lipinski definition) is 1. The van der Waals surface area contributed by atoms with Gasteiger partial charge < -0.3 is 5.32 Å². The van der Waals surface area contributed by atoms with Gasteiger partial charge in [-0.25, -0.2) is 0 Å². The third kappa shape index (κ3) is 3.00. The fourth-order valence-electron chi connectivity index (χ4n) is 0.961. The second kappa shape index (κ2) is 4.80. The minimum atomic E-state index is -0.208. The lowest BCUT2D eigenvalue weighted by molar-refractivity contribution is -0.115. The Hall–Kier alpha value is -0.540. The number of anilines is 1. The molecule has 0 aliphatic carbocycles. The highest BCUT2D eigenvalue weighted by Gasteiger charge is 2.09. The van der Waals surface area contributed by atoms with Crippen LogP contribution in [0, 0.1) is 6.92 Å². The van der Waals surface area contributed by atoms with Crippen molar-refractivity contribution >= 4 is 39.1 Å². The largest absolute Gasteiger partial charge is 0.325 e. The first-order valence-corrected chi connectivity index (χ1v) is 5.51. The Morgan fingerprint density at radius 3 is 2.79 bits per heavy atom. The third-order valence-corrected chi connectivity index (χ3v) is 2.47.